The highest BCUT2D eigenvalue weighted by Crippen LogP contribution is 2.49. The molecule has 9 aromatic rings. The molecule has 0 atom stereocenters. The van der Waals surface area contributed by atoms with E-state index in [1.54, 1.807) is 0 Å². The Labute approximate surface area is 235 Å². The van der Waals surface area contributed by atoms with Gasteiger partial charge >= 0.3 is 0 Å². The molecule has 4 heterocycles. The molecule has 0 aliphatic carbocycles. The van der Waals surface area contributed by atoms with Crippen LogP contribution in [0.15, 0.2) is 140 Å². The third-order valence-electron chi connectivity index (χ3n) is 8.96. The van der Waals surface area contributed by atoms with Crippen molar-refractivity contribution in [2.24, 2.45) is 0 Å². The minimum Gasteiger partial charge on any atom is -0.309 e. The third kappa shape index (κ3) is 2.59. The molecule has 10 rings (SSSR count). The summed E-state index contributed by atoms with van der Waals surface area (Å²) >= 11 is 0. The van der Waals surface area contributed by atoms with Gasteiger partial charge in [-0.2, -0.15) is 0 Å². The van der Waals surface area contributed by atoms with Crippen LogP contribution in [0.4, 0.5) is 0 Å². The SMILES string of the molecule is c1ccc(-n2c3ccccc3c3cc4c(cc32)-c2ccccc2-c2c3ccccc3n3c5ccccc5n-4c23)cc1. The Kier molecular flexibility index (Phi) is 3.93. The van der Waals surface area contributed by atoms with E-state index in [1.807, 2.05) is 0 Å². The van der Waals surface area contributed by atoms with E-state index >= 15 is 0 Å². The summed E-state index contributed by atoms with van der Waals surface area (Å²) in [6, 6.07) is 51.0. The molecule has 1 aliphatic rings. The van der Waals surface area contributed by atoms with Gasteiger partial charge in [-0.05, 0) is 59.7 Å². The topological polar surface area (TPSA) is 14.3 Å². The molecule has 0 fully saturated rings. The van der Waals surface area contributed by atoms with Crippen molar-refractivity contribution in [2.75, 3.05) is 0 Å². The fraction of sp³-hybridized carbons (Fsp3) is 0. The fourth-order valence-electron chi connectivity index (χ4n) is 7.34. The lowest BCUT2D eigenvalue weighted by Gasteiger charge is -2.14. The van der Waals surface area contributed by atoms with Crippen molar-refractivity contribution in [3.05, 3.63) is 140 Å². The number of aromatic nitrogens is 3. The molecule has 0 spiro atoms. The Morgan fingerprint density at radius 1 is 0.366 bits per heavy atom. The second kappa shape index (κ2) is 7.56. The Balaban J connectivity index is 1.48. The lowest BCUT2D eigenvalue weighted by molar-refractivity contribution is 1.15. The summed E-state index contributed by atoms with van der Waals surface area (Å²) in [5.41, 5.74) is 14.8. The average Bonchev–Trinajstić information content (AvgIpc) is 3.63. The Hall–Kier alpha value is -5.54. The number of nitrogens with zero attached hydrogens (tertiary/aromatic N) is 3. The number of hydrogen-bond donors (Lipinski definition) is 0. The fourth-order valence-corrected chi connectivity index (χ4v) is 7.34. The van der Waals surface area contributed by atoms with Crippen molar-refractivity contribution in [3.8, 4) is 33.6 Å². The lowest BCUT2D eigenvalue weighted by atomic mass is 9.93. The number of imidazole rings is 1. The number of benzene rings is 6. The van der Waals surface area contributed by atoms with Gasteiger partial charge in [0, 0.05) is 33.0 Å². The molecule has 3 aromatic heterocycles. The maximum atomic E-state index is 2.51. The summed E-state index contributed by atoms with van der Waals surface area (Å²) in [4.78, 5) is 0. The molecule has 0 bridgehead atoms. The van der Waals surface area contributed by atoms with Crippen LogP contribution in [0, 0.1) is 0 Å². The summed E-state index contributed by atoms with van der Waals surface area (Å²) in [5.74, 6) is 0. The van der Waals surface area contributed by atoms with E-state index < -0.39 is 0 Å². The first-order valence-electron chi connectivity index (χ1n) is 14.1. The van der Waals surface area contributed by atoms with Crippen LogP contribution in [0.1, 0.15) is 0 Å². The smallest absolute Gasteiger partial charge is 0.131 e. The second-order valence-electron chi connectivity index (χ2n) is 11.0. The first-order chi connectivity index (χ1) is 20.4. The zero-order valence-electron chi connectivity index (χ0n) is 22.1. The molecular weight excluding hydrogens is 498 g/mol. The maximum Gasteiger partial charge on any atom is 0.131 e. The first-order valence-corrected chi connectivity index (χ1v) is 14.1. The zero-order chi connectivity index (χ0) is 26.7. The number of fused-ring (bicyclic) bond motifs is 14. The summed E-state index contributed by atoms with van der Waals surface area (Å²) in [7, 11) is 0. The molecule has 3 nitrogen and oxygen atoms in total. The lowest BCUT2D eigenvalue weighted by Crippen LogP contribution is -1.98. The van der Waals surface area contributed by atoms with E-state index in [4.69, 9.17) is 0 Å². The van der Waals surface area contributed by atoms with E-state index in [1.165, 1.54) is 83.0 Å². The van der Waals surface area contributed by atoms with E-state index in [0.29, 0.717) is 0 Å². The molecule has 1 aliphatic heterocycles. The van der Waals surface area contributed by atoms with Crippen LogP contribution < -0.4 is 0 Å². The largest absolute Gasteiger partial charge is 0.309 e. The molecule has 0 amide bonds. The minimum atomic E-state index is 1.17. The van der Waals surface area contributed by atoms with Crippen LogP contribution in [0.5, 0.6) is 0 Å². The average molecular weight is 522 g/mol. The highest BCUT2D eigenvalue weighted by atomic mass is 15.1. The quantitative estimate of drug-likeness (QED) is 0.204. The number of hydrogen-bond acceptors (Lipinski definition) is 0. The molecule has 0 N–H and O–H groups in total. The molecule has 0 unspecified atom stereocenters. The van der Waals surface area contributed by atoms with Crippen LogP contribution >= 0.6 is 0 Å². The van der Waals surface area contributed by atoms with E-state index in [0.717, 1.165) is 0 Å². The Morgan fingerprint density at radius 2 is 1.00 bits per heavy atom. The predicted molar refractivity (Wildman–Crippen MR) is 171 cm³/mol. The van der Waals surface area contributed by atoms with Crippen molar-refractivity contribution >= 4 is 49.4 Å². The Bertz CT molecular complexity index is 2520. The van der Waals surface area contributed by atoms with Crippen molar-refractivity contribution in [2.45, 2.75) is 0 Å². The minimum absolute atomic E-state index is 1.17. The highest BCUT2D eigenvalue weighted by Gasteiger charge is 2.29. The molecular formula is C38H23N3. The van der Waals surface area contributed by atoms with Gasteiger partial charge in [0.25, 0.3) is 0 Å². The summed E-state index contributed by atoms with van der Waals surface area (Å²) < 4.78 is 7.39. The van der Waals surface area contributed by atoms with E-state index in [9.17, 15) is 0 Å². The van der Waals surface area contributed by atoms with Crippen molar-refractivity contribution < 1.29 is 0 Å². The van der Waals surface area contributed by atoms with E-state index in [2.05, 4.69) is 153 Å². The van der Waals surface area contributed by atoms with Crippen LogP contribution in [0.3, 0.4) is 0 Å². The van der Waals surface area contributed by atoms with Gasteiger partial charge in [-0.3, -0.25) is 8.97 Å². The van der Waals surface area contributed by atoms with Crippen molar-refractivity contribution in [1.82, 2.24) is 13.5 Å². The first kappa shape index (κ1) is 21.3. The second-order valence-corrected chi connectivity index (χ2v) is 11.0. The maximum absolute atomic E-state index is 2.51. The van der Waals surface area contributed by atoms with Crippen LogP contribution in [0.2, 0.25) is 0 Å². The van der Waals surface area contributed by atoms with Gasteiger partial charge in [0.1, 0.15) is 5.65 Å². The van der Waals surface area contributed by atoms with Gasteiger partial charge in [-0.1, -0.05) is 91.0 Å². The van der Waals surface area contributed by atoms with Crippen LogP contribution in [0.25, 0.3) is 83.0 Å². The summed E-state index contributed by atoms with van der Waals surface area (Å²) in [6.07, 6.45) is 0. The zero-order valence-corrected chi connectivity index (χ0v) is 22.1. The molecule has 190 valence electrons. The Morgan fingerprint density at radius 3 is 1.83 bits per heavy atom. The predicted octanol–water partition coefficient (Wildman–Crippen LogP) is 9.78. The highest BCUT2D eigenvalue weighted by molar-refractivity contribution is 6.16. The van der Waals surface area contributed by atoms with Gasteiger partial charge < -0.3 is 4.57 Å². The van der Waals surface area contributed by atoms with Gasteiger partial charge in [0.2, 0.25) is 0 Å². The molecule has 0 radical (unpaired) electrons. The molecule has 0 saturated heterocycles. The van der Waals surface area contributed by atoms with Gasteiger partial charge in [-0.15, -0.1) is 0 Å². The van der Waals surface area contributed by atoms with Crippen LogP contribution in [-0.2, 0) is 0 Å². The van der Waals surface area contributed by atoms with Gasteiger partial charge in [-0.25, -0.2) is 0 Å². The normalized spacial score (nSPS) is 12.4. The number of para-hydroxylation sites is 5. The molecule has 41 heavy (non-hydrogen) atoms. The molecule has 3 heteroatoms. The monoisotopic (exact) mass is 521 g/mol. The number of rotatable bonds is 1. The van der Waals surface area contributed by atoms with Gasteiger partial charge in [0.15, 0.2) is 0 Å². The molecule has 0 saturated carbocycles. The van der Waals surface area contributed by atoms with Crippen LogP contribution in [-0.4, -0.2) is 13.5 Å². The summed E-state index contributed by atoms with van der Waals surface area (Å²) in [5, 5.41) is 3.81. The summed E-state index contributed by atoms with van der Waals surface area (Å²) in [6.45, 7) is 0. The van der Waals surface area contributed by atoms with E-state index in [-0.39, 0.29) is 0 Å². The third-order valence-corrected chi connectivity index (χ3v) is 8.96. The van der Waals surface area contributed by atoms with Crippen molar-refractivity contribution in [1.29, 1.82) is 0 Å². The standard InChI is InChI=1S/C38H23N3/c1-2-12-24(13-3-1)39-31-18-8-6-15-26(31)30-23-36-29(22-35(30)39)25-14-4-5-16-27(25)37-28-17-7-9-19-32(28)40-33-20-10-11-21-34(33)41(36)38(37)40/h1-23H. The molecule has 6 aromatic carbocycles. The van der Waals surface area contributed by atoms with Gasteiger partial charge in [0.05, 0.1) is 33.3 Å². The van der Waals surface area contributed by atoms with Crippen molar-refractivity contribution in [3.63, 3.8) is 0 Å².